The van der Waals surface area contributed by atoms with Crippen molar-refractivity contribution in [2.24, 2.45) is 0 Å². The minimum absolute atomic E-state index is 0.710. The molecular weight excluding hydrogens is 258 g/mol. The Labute approximate surface area is 117 Å². The molecule has 0 saturated carbocycles. The second-order valence-electron chi connectivity index (χ2n) is 4.30. The van der Waals surface area contributed by atoms with E-state index < -0.39 is 0 Å². The van der Waals surface area contributed by atoms with E-state index in [0.29, 0.717) is 12.3 Å². The van der Waals surface area contributed by atoms with Gasteiger partial charge in [0.1, 0.15) is 5.75 Å². The average molecular weight is 277 g/mol. The summed E-state index contributed by atoms with van der Waals surface area (Å²) in [7, 11) is 0. The maximum absolute atomic E-state index is 5.87. The quantitative estimate of drug-likeness (QED) is 0.763. The maximum atomic E-state index is 5.87. The Morgan fingerprint density at radius 3 is 3.00 bits per heavy atom. The number of rotatable bonds is 7. The second kappa shape index (κ2) is 6.99. The number of hydrogen-bond donors (Lipinski definition) is 2. The van der Waals surface area contributed by atoms with Crippen LogP contribution in [0.1, 0.15) is 19.0 Å². The Bertz CT molecular complexity index is 499. The topological polar surface area (TPSA) is 60.2 Å². The third kappa shape index (κ3) is 4.44. The highest BCUT2D eigenvalue weighted by molar-refractivity contribution is 7.07. The molecule has 2 rings (SSSR count). The smallest absolute Gasteiger partial charge is 0.123 e. The van der Waals surface area contributed by atoms with Crippen molar-refractivity contribution in [3.8, 4) is 5.75 Å². The van der Waals surface area contributed by atoms with Gasteiger partial charge in [0.05, 0.1) is 17.8 Å². The first-order valence-electron chi connectivity index (χ1n) is 6.42. The van der Waals surface area contributed by atoms with Crippen molar-refractivity contribution >= 4 is 22.7 Å². The van der Waals surface area contributed by atoms with E-state index in [9.17, 15) is 0 Å². The summed E-state index contributed by atoms with van der Waals surface area (Å²) in [4.78, 5) is 4.25. The van der Waals surface area contributed by atoms with Crippen molar-refractivity contribution in [2.75, 3.05) is 24.2 Å². The highest BCUT2D eigenvalue weighted by Gasteiger charge is 2.01. The minimum Gasteiger partial charge on any atom is -0.493 e. The zero-order valence-electron chi connectivity index (χ0n) is 11.1. The van der Waals surface area contributed by atoms with Gasteiger partial charge in [0.2, 0.25) is 0 Å². The Morgan fingerprint density at radius 1 is 1.37 bits per heavy atom. The van der Waals surface area contributed by atoms with E-state index in [0.717, 1.165) is 36.5 Å². The molecule has 1 heterocycles. The molecule has 1 aromatic carbocycles. The van der Waals surface area contributed by atoms with Crippen LogP contribution >= 0.6 is 11.3 Å². The predicted octanol–water partition coefficient (Wildman–Crippen LogP) is 3.17. The summed E-state index contributed by atoms with van der Waals surface area (Å²) in [6, 6.07) is 5.74. The van der Waals surface area contributed by atoms with Crippen LogP contribution in [0.15, 0.2) is 29.1 Å². The molecule has 0 aliphatic carbocycles. The van der Waals surface area contributed by atoms with Gasteiger partial charge in [-0.05, 0) is 12.5 Å². The van der Waals surface area contributed by atoms with E-state index >= 15 is 0 Å². The molecule has 0 aliphatic rings. The molecular formula is C14H19N3OS. The Hall–Kier alpha value is -1.75. The lowest BCUT2D eigenvalue weighted by Crippen LogP contribution is -2.06. The van der Waals surface area contributed by atoms with Crippen molar-refractivity contribution in [2.45, 2.75) is 19.8 Å². The number of thiazole rings is 1. The van der Waals surface area contributed by atoms with E-state index in [1.165, 1.54) is 0 Å². The van der Waals surface area contributed by atoms with Crippen LogP contribution in [0.25, 0.3) is 0 Å². The highest BCUT2D eigenvalue weighted by Crippen LogP contribution is 2.22. The number of benzene rings is 1. The fourth-order valence-corrected chi connectivity index (χ4v) is 2.32. The number of nitrogens with two attached hydrogens (primary N) is 1. The molecule has 0 saturated heterocycles. The molecule has 1 aromatic heterocycles. The van der Waals surface area contributed by atoms with Crippen LogP contribution in [0.5, 0.6) is 5.75 Å². The number of anilines is 2. The van der Waals surface area contributed by atoms with Crippen molar-refractivity contribution in [1.29, 1.82) is 0 Å². The Balaban J connectivity index is 1.90. The van der Waals surface area contributed by atoms with Crippen LogP contribution in [0.4, 0.5) is 11.4 Å². The summed E-state index contributed by atoms with van der Waals surface area (Å²) in [6.45, 7) is 3.63. The summed E-state index contributed by atoms with van der Waals surface area (Å²) < 4.78 is 5.60. The number of ether oxygens (including phenoxy) is 1. The molecule has 0 bridgehead atoms. The molecule has 2 aromatic rings. The summed E-state index contributed by atoms with van der Waals surface area (Å²) in [6.07, 6.45) is 1.89. The minimum atomic E-state index is 0.710. The van der Waals surface area contributed by atoms with Crippen LogP contribution in [0.3, 0.4) is 0 Å². The van der Waals surface area contributed by atoms with Crippen LogP contribution in [0.2, 0.25) is 0 Å². The summed E-state index contributed by atoms with van der Waals surface area (Å²) in [5.41, 5.74) is 10.5. The van der Waals surface area contributed by atoms with Gasteiger partial charge >= 0.3 is 0 Å². The zero-order valence-corrected chi connectivity index (χ0v) is 11.9. The number of hydrogen-bond acceptors (Lipinski definition) is 5. The SMILES string of the molecule is CCCOc1cc(N)cc(NCCc2cscn2)c1. The summed E-state index contributed by atoms with van der Waals surface area (Å²) in [5, 5.41) is 5.41. The van der Waals surface area contributed by atoms with Gasteiger partial charge in [0.15, 0.2) is 0 Å². The normalized spacial score (nSPS) is 10.4. The number of nitrogens with zero attached hydrogens (tertiary/aromatic N) is 1. The van der Waals surface area contributed by atoms with Gasteiger partial charge in [-0.1, -0.05) is 6.92 Å². The summed E-state index contributed by atoms with van der Waals surface area (Å²) >= 11 is 1.62. The molecule has 0 unspecified atom stereocenters. The second-order valence-corrected chi connectivity index (χ2v) is 5.01. The average Bonchev–Trinajstić information content (AvgIpc) is 2.89. The van der Waals surface area contributed by atoms with Crippen LogP contribution < -0.4 is 15.8 Å². The third-order valence-electron chi connectivity index (χ3n) is 2.60. The Kier molecular flexibility index (Phi) is 5.03. The number of nitrogen functional groups attached to an aromatic ring is 1. The largest absolute Gasteiger partial charge is 0.493 e. The first-order valence-corrected chi connectivity index (χ1v) is 7.36. The van der Waals surface area contributed by atoms with Crippen molar-refractivity contribution in [3.05, 3.63) is 34.8 Å². The van der Waals surface area contributed by atoms with Gasteiger partial charge in [0.25, 0.3) is 0 Å². The fourth-order valence-electron chi connectivity index (χ4n) is 1.72. The lowest BCUT2D eigenvalue weighted by molar-refractivity contribution is 0.318. The maximum Gasteiger partial charge on any atom is 0.123 e. The van der Waals surface area contributed by atoms with E-state index in [-0.39, 0.29) is 0 Å². The van der Waals surface area contributed by atoms with Crippen LogP contribution in [0, 0.1) is 0 Å². The molecule has 5 heteroatoms. The van der Waals surface area contributed by atoms with Gasteiger partial charge in [-0.15, -0.1) is 11.3 Å². The standard InChI is InChI=1S/C14H19N3OS/c1-2-5-18-14-7-11(15)6-13(8-14)16-4-3-12-9-19-10-17-12/h6-10,16H,2-5,15H2,1H3. The van der Waals surface area contributed by atoms with Crippen LogP contribution in [-0.4, -0.2) is 18.1 Å². The predicted molar refractivity (Wildman–Crippen MR) is 80.9 cm³/mol. The van der Waals surface area contributed by atoms with Crippen molar-refractivity contribution in [3.63, 3.8) is 0 Å². The van der Waals surface area contributed by atoms with Crippen molar-refractivity contribution < 1.29 is 4.74 Å². The lowest BCUT2D eigenvalue weighted by atomic mass is 10.2. The summed E-state index contributed by atoms with van der Waals surface area (Å²) in [5.74, 6) is 0.818. The molecule has 0 atom stereocenters. The van der Waals surface area contributed by atoms with Gasteiger partial charge < -0.3 is 15.8 Å². The van der Waals surface area contributed by atoms with E-state index in [2.05, 4.69) is 22.6 Å². The Morgan fingerprint density at radius 2 is 2.26 bits per heavy atom. The van der Waals surface area contributed by atoms with Gasteiger partial charge in [0, 0.05) is 41.9 Å². The first-order chi connectivity index (χ1) is 9.28. The molecule has 0 amide bonds. The molecule has 19 heavy (non-hydrogen) atoms. The van der Waals surface area contributed by atoms with E-state index in [1.54, 1.807) is 11.3 Å². The molecule has 102 valence electrons. The van der Waals surface area contributed by atoms with Gasteiger partial charge in [-0.3, -0.25) is 0 Å². The van der Waals surface area contributed by atoms with Gasteiger partial charge in [-0.2, -0.15) is 0 Å². The van der Waals surface area contributed by atoms with Gasteiger partial charge in [-0.25, -0.2) is 4.98 Å². The number of aromatic nitrogens is 1. The highest BCUT2D eigenvalue weighted by atomic mass is 32.1. The van der Waals surface area contributed by atoms with Crippen LogP contribution in [-0.2, 0) is 6.42 Å². The molecule has 3 N–H and O–H groups in total. The molecule has 0 aliphatic heterocycles. The first kappa shape index (κ1) is 13.7. The fraction of sp³-hybridized carbons (Fsp3) is 0.357. The molecule has 4 nitrogen and oxygen atoms in total. The molecule has 0 radical (unpaired) electrons. The monoisotopic (exact) mass is 277 g/mol. The van der Waals surface area contributed by atoms with E-state index in [4.69, 9.17) is 10.5 Å². The number of nitrogens with one attached hydrogen (secondary N) is 1. The third-order valence-corrected chi connectivity index (χ3v) is 3.23. The molecule has 0 fully saturated rings. The van der Waals surface area contributed by atoms with Crippen molar-refractivity contribution in [1.82, 2.24) is 4.98 Å². The van der Waals surface area contributed by atoms with E-state index in [1.807, 2.05) is 23.7 Å². The molecule has 0 spiro atoms. The zero-order chi connectivity index (χ0) is 13.5. The lowest BCUT2D eigenvalue weighted by Gasteiger charge is -2.10.